The van der Waals surface area contributed by atoms with Gasteiger partial charge in [-0.2, -0.15) is 0 Å². The predicted molar refractivity (Wildman–Crippen MR) is 137 cm³/mol. The van der Waals surface area contributed by atoms with Crippen molar-refractivity contribution in [2.24, 2.45) is 14.1 Å². The summed E-state index contributed by atoms with van der Waals surface area (Å²) in [5.74, 6) is 0. The van der Waals surface area contributed by atoms with E-state index in [4.69, 9.17) is 23.2 Å². The Hall–Kier alpha value is -3.61. The molecule has 0 saturated carbocycles. The number of aromatic nitrogens is 4. The van der Waals surface area contributed by atoms with Crippen molar-refractivity contribution < 1.29 is 0 Å². The van der Waals surface area contributed by atoms with Crippen LogP contribution in [0.1, 0.15) is 11.3 Å². The molecule has 0 bridgehead atoms. The minimum atomic E-state index is -0.206. The lowest BCUT2D eigenvalue weighted by Crippen LogP contribution is -2.16. The molecule has 0 unspecified atom stereocenters. The van der Waals surface area contributed by atoms with Crippen LogP contribution >= 0.6 is 23.2 Å². The van der Waals surface area contributed by atoms with Crippen LogP contribution in [0.5, 0.6) is 0 Å². The highest BCUT2D eigenvalue weighted by Crippen LogP contribution is 2.31. The number of fused-ring (bicyclic) bond motifs is 1. The molecule has 0 radical (unpaired) electrons. The second-order valence-electron chi connectivity index (χ2n) is 8.17. The largest absolute Gasteiger partial charge is 0.325 e. The third kappa shape index (κ3) is 3.95. The molecule has 170 valence electrons. The Morgan fingerprint density at radius 3 is 2.47 bits per heavy atom. The SMILES string of the molecule is Cn1c(Cc2ccc3c(c2)c(-c2cccc(Cl)c2)cc(=O)n3C)c(-c2ccc(Cl)nc2)[nH]c1=O. The predicted octanol–water partition coefficient (Wildman–Crippen LogP) is 5.19. The van der Waals surface area contributed by atoms with Gasteiger partial charge in [-0.25, -0.2) is 9.78 Å². The topological polar surface area (TPSA) is 72.7 Å². The van der Waals surface area contributed by atoms with E-state index < -0.39 is 0 Å². The van der Waals surface area contributed by atoms with E-state index in [0.29, 0.717) is 22.3 Å². The van der Waals surface area contributed by atoms with Crippen LogP contribution < -0.4 is 11.2 Å². The standard InChI is InChI=1S/C26H20Cl2N4O2/c1-31-21-8-6-15(10-20(21)19(13-24(31)33)16-4-3-5-18(27)12-16)11-22-25(30-26(34)32(22)2)17-7-9-23(28)29-14-17/h3-10,12-14H,11H2,1-2H3,(H,30,34). The molecule has 0 atom stereocenters. The minimum Gasteiger partial charge on any atom is -0.311 e. The molecule has 1 N–H and O–H groups in total. The molecular weight excluding hydrogens is 471 g/mol. The van der Waals surface area contributed by atoms with Gasteiger partial charge < -0.3 is 9.55 Å². The van der Waals surface area contributed by atoms with Crippen LogP contribution in [-0.4, -0.2) is 19.1 Å². The fourth-order valence-corrected chi connectivity index (χ4v) is 4.53. The molecule has 0 aliphatic heterocycles. The summed E-state index contributed by atoms with van der Waals surface area (Å²) in [7, 11) is 3.50. The number of nitrogens with zero attached hydrogens (tertiary/aromatic N) is 3. The van der Waals surface area contributed by atoms with Crippen LogP contribution in [0.25, 0.3) is 33.3 Å². The monoisotopic (exact) mass is 490 g/mol. The van der Waals surface area contributed by atoms with Crippen molar-refractivity contribution in [2.45, 2.75) is 6.42 Å². The van der Waals surface area contributed by atoms with E-state index >= 15 is 0 Å². The Kier molecular flexibility index (Phi) is 5.63. The van der Waals surface area contributed by atoms with Gasteiger partial charge in [-0.05, 0) is 53.1 Å². The molecular formula is C26H20Cl2N4O2. The van der Waals surface area contributed by atoms with E-state index in [0.717, 1.165) is 38.9 Å². The number of benzene rings is 2. The molecule has 5 aromatic rings. The summed E-state index contributed by atoms with van der Waals surface area (Å²) in [5.41, 5.74) is 5.49. The van der Waals surface area contributed by atoms with Gasteiger partial charge in [0.25, 0.3) is 5.56 Å². The molecule has 34 heavy (non-hydrogen) atoms. The van der Waals surface area contributed by atoms with Gasteiger partial charge in [-0.3, -0.25) is 9.36 Å². The number of nitrogens with one attached hydrogen (secondary N) is 1. The van der Waals surface area contributed by atoms with E-state index in [1.807, 2.05) is 36.4 Å². The highest BCUT2D eigenvalue weighted by atomic mass is 35.5. The van der Waals surface area contributed by atoms with Gasteiger partial charge in [0.15, 0.2) is 0 Å². The number of imidazole rings is 1. The third-order valence-electron chi connectivity index (χ3n) is 6.06. The molecule has 0 fully saturated rings. The molecule has 5 rings (SSSR count). The molecule has 3 heterocycles. The summed E-state index contributed by atoms with van der Waals surface area (Å²) in [6.07, 6.45) is 2.14. The number of aromatic amines is 1. The van der Waals surface area contributed by atoms with Crippen LogP contribution in [0.4, 0.5) is 0 Å². The molecule has 0 aliphatic carbocycles. The summed E-state index contributed by atoms with van der Waals surface area (Å²) in [4.78, 5) is 32.2. The molecule has 3 aromatic heterocycles. The Morgan fingerprint density at radius 2 is 1.74 bits per heavy atom. The highest BCUT2D eigenvalue weighted by Gasteiger charge is 2.16. The van der Waals surface area contributed by atoms with Crippen LogP contribution in [0.15, 0.2) is 76.4 Å². The maximum absolute atomic E-state index is 12.6. The maximum atomic E-state index is 12.6. The molecule has 0 amide bonds. The quantitative estimate of drug-likeness (QED) is 0.352. The third-order valence-corrected chi connectivity index (χ3v) is 6.52. The maximum Gasteiger partial charge on any atom is 0.325 e. The first kappa shape index (κ1) is 22.2. The first-order valence-electron chi connectivity index (χ1n) is 10.6. The zero-order valence-electron chi connectivity index (χ0n) is 18.5. The van der Waals surface area contributed by atoms with Crippen LogP contribution in [-0.2, 0) is 20.5 Å². The van der Waals surface area contributed by atoms with Gasteiger partial charge >= 0.3 is 5.69 Å². The summed E-state index contributed by atoms with van der Waals surface area (Å²) in [5, 5.41) is 1.92. The van der Waals surface area contributed by atoms with E-state index in [1.54, 1.807) is 47.6 Å². The Balaban J connectivity index is 1.66. The molecule has 0 saturated heterocycles. The number of rotatable bonds is 4. The first-order valence-corrected chi connectivity index (χ1v) is 11.4. The number of halogens is 2. The van der Waals surface area contributed by atoms with Crippen LogP contribution in [0.3, 0.4) is 0 Å². The van der Waals surface area contributed by atoms with Crippen molar-refractivity contribution in [3.63, 3.8) is 0 Å². The van der Waals surface area contributed by atoms with E-state index in [1.165, 1.54) is 0 Å². The summed E-state index contributed by atoms with van der Waals surface area (Å²) in [6.45, 7) is 0. The van der Waals surface area contributed by atoms with Crippen molar-refractivity contribution in [1.82, 2.24) is 19.1 Å². The van der Waals surface area contributed by atoms with Gasteiger partial charge in [0, 0.05) is 48.8 Å². The molecule has 8 heteroatoms. The molecule has 6 nitrogen and oxygen atoms in total. The minimum absolute atomic E-state index is 0.0965. The average molecular weight is 491 g/mol. The average Bonchev–Trinajstić information content (AvgIpc) is 3.10. The number of aryl methyl sites for hydroxylation is 1. The smallest absolute Gasteiger partial charge is 0.311 e. The van der Waals surface area contributed by atoms with Gasteiger partial charge in [0.1, 0.15) is 5.15 Å². The highest BCUT2D eigenvalue weighted by molar-refractivity contribution is 6.31. The van der Waals surface area contributed by atoms with Crippen molar-refractivity contribution in [1.29, 1.82) is 0 Å². The molecule has 0 aliphatic rings. The Bertz CT molecular complexity index is 1660. The van der Waals surface area contributed by atoms with Gasteiger partial charge in [-0.15, -0.1) is 0 Å². The van der Waals surface area contributed by atoms with Crippen molar-refractivity contribution >= 4 is 34.1 Å². The second kappa shape index (κ2) is 8.63. The van der Waals surface area contributed by atoms with Gasteiger partial charge in [0.2, 0.25) is 0 Å². The number of pyridine rings is 2. The fraction of sp³-hybridized carbons (Fsp3) is 0.115. The molecule has 0 spiro atoms. The Labute approximate surface area is 205 Å². The van der Waals surface area contributed by atoms with Crippen molar-refractivity contribution in [3.8, 4) is 22.4 Å². The van der Waals surface area contributed by atoms with Gasteiger partial charge in [0.05, 0.1) is 16.9 Å². The number of H-pyrrole nitrogens is 1. The van der Waals surface area contributed by atoms with E-state index in [9.17, 15) is 9.59 Å². The van der Waals surface area contributed by atoms with Crippen LogP contribution in [0.2, 0.25) is 10.2 Å². The number of hydrogen-bond acceptors (Lipinski definition) is 3. The van der Waals surface area contributed by atoms with Crippen molar-refractivity contribution in [3.05, 3.63) is 109 Å². The number of hydrogen-bond donors (Lipinski definition) is 1. The first-order chi connectivity index (χ1) is 16.3. The Morgan fingerprint density at radius 1 is 0.912 bits per heavy atom. The lowest BCUT2D eigenvalue weighted by Gasteiger charge is -2.13. The van der Waals surface area contributed by atoms with Crippen molar-refractivity contribution in [2.75, 3.05) is 0 Å². The lowest BCUT2D eigenvalue weighted by atomic mass is 9.97. The van der Waals surface area contributed by atoms with Crippen LogP contribution in [0, 0.1) is 0 Å². The summed E-state index contributed by atoms with van der Waals surface area (Å²) in [6, 6.07) is 18.6. The zero-order chi connectivity index (χ0) is 24.0. The van der Waals surface area contributed by atoms with E-state index in [-0.39, 0.29) is 11.2 Å². The zero-order valence-corrected chi connectivity index (χ0v) is 20.0. The fourth-order valence-electron chi connectivity index (χ4n) is 4.23. The normalized spacial score (nSPS) is 11.3. The summed E-state index contributed by atoms with van der Waals surface area (Å²) < 4.78 is 3.23. The van der Waals surface area contributed by atoms with Gasteiger partial charge in [-0.1, -0.05) is 41.4 Å². The molecule has 2 aromatic carbocycles. The second-order valence-corrected chi connectivity index (χ2v) is 9.00. The summed E-state index contributed by atoms with van der Waals surface area (Å²) >= 11 is 12.2. The lowest BCUT2D eigenvalue weighted by molar-refractivity contribution is 0.808. The van der Waals surface area contributed by atoms with E-state index in [2.05, 4.69) is 16.0 Å².